The van der Waals surface area contributed by atoms with Crippen molar-refractivity contribution in [1.82, 2.24) is 4.90 Å². The van der Waals surface area contributed by atoms with Crippen molar-refractivity contribution in [3.05, 3.63) is 62.0 Å². The summed E-state index contributed by atoms with van der Waals surface area (Å²) < 4.78 is 10.4. The van der Waals surface area contributed by atoms with Gasteiger partial charge in [-0.15, -0.1) is 0 Å². The zero-order chi connectivity index (χ0) is 21.8. The van der Waals surface area contributed by atoms with Crippen molar-refractivity contribution in [3.8, 4) is 17.2 Å². The third-order valence-electron chi connectivity index (χ3n) is 4.08. The predicted molar refractivity (Wildman–Crippen MR) is 111 cm³/mol. The minimum atomic E-state index is -0.654. The van der Waals surface area contributed by atoms with Crippen molar-refractivity contribution < 1.29 is 29.1 Å². The summed E-state index contributed by atoms with van der Waals surface area (Å²) in [4.78, 5) is 36.2. The molecule has 1 heterocycles. The number of aromatic hydroxyl groups is 1. The Hall–Kier alpha value is -3.24. The third-order valence-corrected chi connectivity index (χ3v) is 5.24. The number of thioether (sulfide) groups is 1. The van der Waals surface area contributed by atoms with Crippen molar-refractivity contribution >= 4 is 46.3 Å². The number of halogens is 1. The van der Waals surface area contributed by atoms with Gasteiger partial charge in [-0.1, -0.05) is 11.6 Å². The fourth-order valence-electron chi connectivity index (χ4n) is 2.60. The van der Waals surface area contributed by atoms with Gasteiger partial charge in [0.25, 0.3) is 16.8 Å². The number of phenols is 1. The summed E-state index contributed by atoms with van der Waals surface area (Å²) in [5.41, 5.74) is -0.338. The third kappa shape index (κ3) is 4.66. The van der Waals surface area contributed by atoms with Gasteiger partial charge in [-0.05, 0) is 42.1 Å². The number of rotatable bonds is 7. The predicted octanol–water partition coefficient (Wildman–Crippen LogP) is 4.08. The maximum Gasteiger partial charge on any atom is 0.293 e. The van der Waals surface area contributed by atoms with Gasteiger partial charge in [0.15, 0.2) is 11.5 Å². The molecule has 0 bridgehead atoms. The molecule has 0 unspecified atom stereocenters. The number of benzene rings is 2. The summed E-state index contributed by atoms with van der Waals surface area (Å²) in [6, 6.07) is 8.78. The van der Waals surface area contributed by atoms with E-state index in [1.54, 1.807) is 24.3 Å². The van der Waals surface area contributed by atoms with Crippen LogP contribution in [0.3, 0.4) is 0 Å². The molecule has 0 aromatic heterocycles. The molecule has 1 aliphatic rings. The van der Waals surface area contributed by atoms with Gasteiger partial charge >= 0.3 is 0 Å². The number of phenolic OH excluding ortho intramolecular Hbond substituents is 1. The first-order valence-electron chi connectivity index (χ1n) is 8.49. The number of hydrogen-bond donors (Lipinski definition) is 1. The summed E-state index contributed by atoms with van der Waals surface area (Å²) in [5.74, 6) is -0.544. The largest absolute Gasteiger partial charge is 0.504 e. The van der Waals surface area contributed by atoms with Crippen molar-refractivity contribution in [1.29, 1.82) is 0 Å². The van der Waals surface area contributed by atoms with E-state index in [0.717, 1.165) is 17.0 Å². The summed E-state index contributed by atoms with van der Waals surface area (Å²) in [6.07, 6.45) is 1.22. The number of hydrogen-bond acceptors (Lipinski definition) is 8. The Morgan fingerprint density at radius 3 is 2.60 bits per heavy atom. The van der Waals surface area contributed by atoms with Crippen LogP contribution in [0.15, 0.2) is 41.3 Å². The zero-order valence-electron chi connectivity index (χ0n) is 15.5. The molecule has 11 heteroatoms. The summed E-state index contributed by atoms with van der Waals surface area (Å²) >= 11 is 6.47. The normalized spacial score (nSPS) is 15.0. The Bertz CT molecular complexity index is 1040. The molecule has 156 valence electrons. The van der Waals surface area contributed by atoms with Gasteiger partial charge in [-0.3, -0.25) is 24.6 Å². The Kier molecular flexibility index (Phi) is 6.48. The maximum atomic E-state index is 12.6. The smallest absolute Gasteiger partial charge is 0.293 e. The standard InChI is InChI=1S/C19H15ClN2O7S/c1-28-15-10-13(22(26)27)8-11(17(15)23)9-16-18(24)21(19(25)30-16)6-7-29-14-4-2-12(20)3-5-14/h2-5,8-10,23H,6-7H2,1H3/b16-9-. The second kappa shape index (κ2) is 9.06. The number of amides is 2. The van der Waals surface area contributed by atoms with Gasteiger partial charge in [0, 0.05) is 16.7 Å². The fraction of sp³-hybridized carbons (Fsp3) is 0.158. The van der Waals surface area contributed by atoms with Crippen LogP contribution in [0.4, 0.5) is 10.5 Å². The van der Waals surface area contributed by atoms with Crippen molar-refractivity contribution in [3.63, 3.8) is 0 Å². The molecule has 0 atom stereocenters. The Morgan fingerprint density at radius 2 is 1.97 bits per heavy atom. The monoisotopic (exact) mass is 450 g/mol. The molecule has 2 aromatic carbocycles. The lowest BCUT2D eigenvalue weighted by Crippen LogP contribution is -2.32. The number of nitrogens with zero attached hydrogens (tertiary/aromatic N) is 2. The molecular weight excluding hydrogens is 436 g/mol. The molecule has 3 rings (SSSR count). The Balaban J connectivity index is 1.75. The van der Waals surface area contributed by atoms with Crippen LogP contribution in [0.2, 0.25) is 5.02 Å². The van der Waals surface area contributed by atoms with Crippen LogP contribution in [0.1, 0.15) is 5.56 Å². The molecule has 1 aliphatic heterocycles. The van der Waals surface area contributed by atoms with Crippen LogP contribution in [-0.2, 0) is 4.79 Å². The first kappa shape index (κ1) is 21.5. The molecule has 0 spiro atoms. The molecule has 1 saturated heterocycles. The van der Waals surface area contributed by atoms with Gasteiger partial charge in [0.1, 0.15) is 12.4 Å². The van der Waals surface area contributed by atoms with E-state index in [9.17, 15) is 24.8 Å². The highest BCUT2D eigenvalue weighted by Crippen LogP contribution is 2.39. The lowest BCUT2D eigenvalue weighted by Gasteiger charge is -2.13. The van der Waals surface area contributed by atoms with E-state index < -0.39 is 16.1 Å². The number of ether oxygens (including phenoxy) is 2. The van der Waals surface area contributed by atoms with Gasteiger partial charge in [-0.25, -0.2) is 0 Å². The van der Waals surface area contributed by atoms with E-state index in [1.165, 1.54) is 13.2 Å². The molecule has 1 fully saturated rings. The first-order valence-corrected chi connectivity index (χ1v) is 9.68. The molecule has 2 amide bonds. The molecule has 9 nitrogen and oxygen atoms in total. The van der Waals surface area contributed by atoms with E-state index in [4.69, 9.17) is 21.1 Å². The van der Waals surface area contributed by atoms with E-state index >= 15 is 0 Å². The number of imide groups is 1. The van der Waals surface area contributed by atoms with Crippen LogP contribution in [0.25, 0.3) is 6.08 Å². The number of nitro groups is 1. The molecule has 2 aromatic rings. The van der Waals surface area contributed by atoms with Gasteiger partial charge < -0.3 is 14.6 Å². The maximum absolute atomic E-state index is 12.6. The number of carbonyl (C=O) groups excluding carboxylic acids is 2. The van der Waals surface area contributed by atoms with Crippen LogP contribution in [0, 0.1) is 10.1 Å². The molecule has 1 N–H and O–H groups in total. The SMILES string of the molecule is COc1cc([N+](=O)[O-])cc(/C=C2\SC(=O)N(CCOc3ccc(Cl)cc3)C2=O)c1O. The number of non-ortho nitro benzene ring substituents is 1. The first-order chi connectivity index (χ1) is 14.3. The van der Waals surface area contributed by atoms with Crippen molar-refractivity contribution in [2.24, 2.45) is 0 Å². The van der Waals surface area contributed by atoms with E-state index in [1.807, 2.05) is 0 Å². The average Bonchev–Trinajstić information content (AvgIpc) is 2.98. The average molecular weight is 451 g/mol. The highest BCUT2D eigenvalue weighted by molar-refractivity contribution is 8.18. The minimum Gasteiger partial charge on any atom is -0.504 e. The Labute approximate surface area is 180 Å². The van der Waals surface area contributed by atoms with Crippen molar-refractivity contribution in [2.45, 2.75) is 0 Å². The molecule has 0 aliphatic carbocycles. The highest BCUT2D eigenvalue weighted by atomic mass is 35.5. The fourth-order valence-corrected chi connectivity index (χ4v) is 3.59. The molecule has 30 heavy (non-hydrogen) atoms. The van der Waals surface area contributed by atoms with Gasteiger partial charge in [0.05, 0.1) is 29.5 Å². The highest BCUT2D eigenvalue weighted by Gasteiger charge is 2.35. The van der Waals surface area contributed by atoms with E-state index in [0.29, 0.717) is 22.5 Å². The quantitative estimate of drug-likeness (QED) is 0.380. The second-order valence-electron chi connectivity index (χ2n) is 5.98. The summed E-state index contributed by atoms with van der Waals surface area (Å²) in [6.45, 7) is 0.0811. The van der Waals surface area contributed by atoms with E-state index in [2.05, 4.69) is 0 Å². The summed E-state index contributed by atoms with van der Waals surface area (Å²) in [5, 5.41) is 21.3. The van der Waals surface area contributed by atoms with Crippen LogP contribution < -0.4 is 9.47 Å². The zero-order valence-corrected chi connectivity index (χ0v) is 17.1. The number of methoxy groups -OCH3 is 1. The summed E-state index contributed by atoms with van der Waals surface area (Å²) in [7, 11) is 1.25. The molecule has 0 radical (unpaired) electrons. The topological polar surface area (TPSA) is 119 Å². The van der Waals surface area contributed by atoms with Gasteiger partial charge in [-0.2, -0.15) is 0 Å². The Morgan fingerprint density at radius 1 is 1.27 bits per heavy atom. The van der Waals surface area contributed by atoms with Gasteiger partial charge in [0.2, 0.25) is 0 Å². The minimum absolute atomic E-state index is 0.00880. The lowest BCUT2D eigenvalue weighted by atomic mass is 10.1. The lowest BCUT2D eigenvalue weighted by molar-refractivity contribution is -0.385. The number of carbonyl (C=O) groups is 2. The van der Waals surface area contributed by atoms with Crippen molar-refractivity contribution in [2.75, 3.05) is 20.3 Å². The number of nitro benzene ring substituents is 1. The van der Waals surface area contributed by atoms with Crippen LogP contribution in [0.5, 0.6) is 17.2 Å². The van der Waals surface area contributed by atoms with Crippen LogP contribution >= 0.6 is 23.4 Å². The molecule has 0 saturated carbocycles. The molecular formula is C19H15ClN2O7S. The van der Waals surface area contributed by atoms with E-state index in [-0.39, 0.29) is 40.8 Å². The second-order valence-corrected chi connectivity index (χ2v) is 7.41. The van der Waals surface area contributed by atoms with Crippen LogP contribution in [-0.4, -0.2) is 46.3 Å².